The number of likely N-dealkylation sites (N-methyl/N-ethyl adjacent to an activating group) is 1. The zero-order chi connectivity index (χ0) is 6.97. The topological polar surface area (TPSA) is 28.0 Å². The van der Waals surface area contributed by atoms with Crippen molar-refractivity contribution in [1.82, 2.24) is 4.90 Å². The van der Waals surface area contributed by atoms with Gasteiger partial charge in [0.1, 0.15) is 6.34 Å². The fourth-order valence-electron chi connectivity index (χ4n) is 1.26. The van der Waals surface area contributed by atoms with Crippen LogP contribution in [0.15, 0.2) is 21.8 Å². The summed E-state index contributed by atoms with van der Waals surface area (Å²) in [5.41, 5.74) is 1.23. The van der Waals surface area contributed by atoms with Gasteiger partial charge in [0.25, 0.3) is 0 Å². The molecule has 0 saturated heterocycles. The summed E-state index contributed by atoms with van der Waals surface area (Å²) in [6, 6.07) is 0.350. The minimum absolute atomic E-state index is 0.350. The largest absolute Gasteiger partial charge is 0.378 e. The van der Waals surface area contributed by atoms with E-state index in [9.17, 15) is 0 Å². The third kappa shape index (κ3) is 0.744. The van der Waals surface area contributed by atoms with E-state index >= 15 is 0 Å². The van der Waals surface area contributed by atoms with E-state index in [-0.39, 0.29) is 0 Å². The van der Waals surface area contributed by atoms with Crippen LogP contribution in [0.2, 0.25) is 0 Å². The monoisotopic (exact) mass is 135 g/mol. The Labute approximate surface area is 59.8 Å². The molecule has 0 bridgehead atoms. The maximum absolute atomic E-state index is 4.21. The minimum atomic E-state index is 0.350. The van der Waals surface area contributed by atoms with Gasteiger partial charge in [0.2, 0.25) is 0 Å². The zero-order valence-corrected chi connectivity index (χ0v) is 5.86. The van der Waals surface area contributed by atoms with E-state index in [1.165, 1.54) is 5.57 Å². The van der Waals surface area contributed by atoms with Crippen LogP contribution in [-0.2, 0) is 0 Å². The molecular weight excluding hydrogens is 126 g/mol. The summed E-state index contributed by atoms with van der Waals surface area (Å²) < 4.78 is 0. The summed E-state index contributed by atoms with van der Waals surface area (Å²) in [5.74, 6) is 0. The fraction of sp³-hybridized carbons (Fsp3) is 0.429. The summed E-state index contributed by atoms with van der Waals surface area (Å²) in [6.07, 6.45) is 5.59. The van der Waals surface area contributed by atoms with Gasteiger partial charge >= 0.3 is 0 Å². The highest BCUT2D eigenvalue weighted by molar-refractivity contribution is 5.89. The Balaban J connectivity index is 2.29. The van der Waals surface area contributed by atoms with Crippen molar-refractivity contribution in [3.63, 3.8) is 0 Å². The minimum Gasteiger partial charge on any atom is -0.378 e. The van der Waals surface area contributed by atoms with Crippen molar-refractivity contribution in [3.05, 3.63) is 11.8 Å². The molecule has 0 saturated carbocycles. The number of nitrogens with zero attached hydrogens (tertiary/aromatic N) is 3. The van der Waals surface area contributed by atoms with E-state index in [0.29, 0.717) is 6.04 Å². The van der Waals surface area contributed by atoms with Crippen molar-refractivity contribution in [2.75, 3.05) is 13.6 Å². The van der Waals surface area contributed by atoms with Crippen molar-refractivity contribution in [1.29, 1.82) is 0 Å². The predicted molar refractivity (Wildman–Crippen MR) is 41.5 cm³/mol. The third-order valence-electron chi connectivity index (χ3n) is 1.75. The Kier molecular flexibility index (Phi) is 1.09. The van der Waals surface area contributed by atoms with Gasteiger partial charge in [-0.15, -0.1) is 0 Å². The molecule has 2 aliphatic rings. The molecule has 0 spiro atoms. The molecular formula is C7H9N3. The molecule has 0 aromatic heterocycles. The van der Waals surface area contributed by atoms with Gasteiger partial charge in [-0.1, -0.05) is 0 Å². The lowest BCUT2D eigenvalue weighted by atomic mass is 10.2. The van der Waals surface area contributed by atoms with Crippen LogP contribution >= 0.6 is 0 Å². The van der Waals surface area contributed by atoms with Crippen molar-refractivity contribution in [2.24, 2.45) is 9.98 Å². The second-order valence-corrected chi connectivity index (χ2v) is 2.63. The number of fused-ring (bicyclic) bond motifs is 1. The first-order valence-electron chi connectivity index (χ1n) is 3.33. The van der Waals surface area contributed by atoms with Gasteiger partial charge < -0.3 is 4.90 Å². The molecule has 1 unspecified atom stereocenters. The molecule has 3 heteroatoms. The maximum atomic E-state index is 4.21. The van der Waals surface area contributed by atoms with E-state index in [0.717, 1.165) is 6.54 Å². The number of rotatable bonds is 0. The molecule has 52 valence electrons. The second kappa shape index (κ2) is 1.94. The van der Waals surface area contributed by atoms with Gasteiger partial charge in [-0.05, 0) is 0 Å². The van der Waals surface area contributed by atoms with Crippen LogP contribution in [0.3, 0.4) is 0 Å². The highest BCUT2D eigenvalue weighted by atomic mass is 15.1. The molecule has 0 aromatic rings. The second-order valence-electron chi connectivity index (χ2n) is 2.63. The van der Waals surface area contributed by atoms with Crippen LogP contribution in [0.25, 0.3) is 0 Å². The highest BCUT2D eigenvalue weighted by Gasteiger charge is 2.20. The van der Waals surface area contributed by atoms with E-state index in [2.05, 4.69) is 28.1 Å². The normalized spacial score (nSPS) is 28.7. The smallest absolute Gasteiger partial charge is 0.110 e. The van der Waals surface area contributed by atoms with Crippen LogP contribution in [0.4, 0.5) is 0 Å². The SMILES string of the molecule is CN1C=C2C=NC=NC2C1. The summed E-state index contributed by atoms with van der Waals surface area (Å²) in [7, 11) is 2.05. The quantitative estimate of drug-likeness (QED) is 0.469. The molecule has 0 amide bonds. The molecule has 2 heterocycles. The van der Waals surface area contributed by atoms with E-state index in [1.807, 2.05) is 6.21 Å². The Morgan fingerprint density at radius 3 is 3.40 bits per heavy atom. The Morgan fingerprint density at radius 1 is 1.70 bits per heavy atom. The molecule has 0 radical (unpaired) electrons. The van der Waals surface area contributed by atoms with Gasteiger partial charge in [0.15, 0.2) is 0 Å². The maximum Gasteiger partial charge on any atom is 0.110 e. The van der Waals surface area contributed by atoms with Gasteiger partial charge in [-0.3, -0.25) is 4.99 Å². The zero-order valence-electron chi connectivity index (χ0n) is 5.86. The lowest BCUT2D eigenvalue weighted by Gasteiger charge is -2.09. The van der Waals surface area contributed by atoms with Crippen molar-refractivity contribution in [2.45, 2.75) is 6.04 Å². The Bertz CT molecular complexity index is 227. The van der Waals surface area contributed by atoms with Crippen LogP contribution in [0.1, 0.15) is 0 Å². The third-order valence-corrected chi connectivity index (χ3v) is 1.75. The molecule has 3 nitrogen and oxygen atoms in total. The van der Waals surface area contributed by atoms with Gasteiger partial charge in [-0.2, -0.15) is 0 Å². The lowest BCUT2D eigenvalue weighted by molar-refractivity contribution is 0.475. The molecule has 2 rings (SSSR count). The molecule has 0 aliphatic carbocycles. The number of hydrogen-bond acceptors (Lipinski definition) is 3. The summed E-state index contributed by atoms with van der Waals surface area (Å²) in [4.78, 5) is 10.3. The van der Waals surface area contributed by atoms with Crippen LogP contribution in [0, 0.1) is 0 Å². The Morgan fingerprint density at radius 2 is 2.60 bits per heavy atom. The van der Waals surface area contributed by atoms with Crippen molar-refractivity contribution < 1.29 is 0 Å². The van der Waals surface area contributed by atoms with Crippen LogP contribution in [-0.4, -0.2) is 37.1 Å². The molecule has 1 atom stereocenters. The molecule has 2 aliphatic heterocycles. The summed E-state index contributed by atoms with van der Waals surface area (Å²) in [5, 5.41) is 0. The molecule has 0 N–H and O–H groups in total. The van der Waals surface area contributed by atoms with E-state index < -0.39 is 0 Å². The fourth-order valence-corrected chi connectivity index (χ4v) is 1.26. The Hall–Kier alpha value is -1.12. The molecule has 0 fully saturated rings. The van der Waals surface area contributed by atoms with Crippen LogP contribution < -0.4 is 0 Å². The van der Waals surface area contributed by atoms with Gasteiger partial charge in [0.05, 0.1) is 6.04 Å². The van der Waals surface area contributed by atoms with Crippen LogP contribution in [0.5, 0.6) is 0 Å². The predicted octanol–water partition coefficient (Wildman–Crippen LogP) is 0.297. The molecule has 10 heavy (non-hydrogen) atoms. The summed E-state index contributed by atoms with van der Waals surface area (Å²) in [6.45, 7) is 0.998. The van der Waals surface area contributed by atoms with Crippen molar-refractivity contribution in [3.8, 4) is 0 Å². The average molecular weight is 135 g/mol. The van der Waals surface area contributed by atoms with Gasteiger partial charge in [0, 0.05) is 31.6 Å². The lowest BCUT2D eigenvalue weighted by Crippen LogP contribution is -2.18. The average Bonchev–Trinajstić information content (AvgIpc) is 2.27. The first kappa shape index (κ1) is 5.65. The van der Waals surface area contributed by atoms with E-state index in [1.54, 1.807) is 6.34 Å². The molecule has 0 aromatic carbocycles. The summed E-state index contributed by atoms with van der Waals surface area (Å²) >= 11 is 0. The standard InChI is InChI=1S/C7H9N3/c1-10-3-6-2-8-5-9-7(6)4-10/h2-3,5,7H,4H2,1H3. The first-order valence-corrected chi connectivity index (χ1v) is 3.33. The van der Waals surface area contributed by atoms with Gasteiger partial charge in [-0.25, -0.2) is 4.99 Å². The first-order chi connectivity index (χ1) is 4.86. The number of aliphatic imine (C=N–C) groups is 2. The van der Waals surface area contributed by atoms with E-state index in [4.69, 9.17) is 0 Å². The number of hydrogen-bond donors (Lipinski definition) is 0. The van der Waals surface area contributed by atoms with Crippen molar-refractivity contribution >= 4 is 12.6 Å². The highest BCUT2D eigenvalue weighted by Crippen LogP contribution is 2.16.